The molecule has 22 heavy (non-hydrogen) atoms. The van der Waals surface area contributed by atoms with Crippen molar-refractivity contribution in [3.05, 3.63) is 27.7 Å². The SMILES string of the molecule is CCOc1c(Cl)cc(Cl)cc1CNCC1CCNCC1.Cl.Cl. The molecule has 0 spiro atoms. The molecular formula is C15H24Cl4N2O. The molecule has 128 valence electrons. The van der Waals surface area contributed by atoms with Crippen LogP contribution in [0.5, 0.6) is 5.75 Å². The van der Waals surface area contributed by atoms with Gasteiger partial charge in [-0.2, -0.15) is 0 Å². The Morgan fingerprint density at radius 2 is 1.91 bits per heavy atom. The number of hydrogen-bond acceptors (Lipinski definition) is 3. The van der Waals surface area contributed by atoms with Crippen LogP contribution >= 0.6 is 48.0 Å². The lowest BCUT2D eigenvalue weighted by atomic mass is 9.98. The highest BCUT2D eigenvalue weighted by atomic mass is 35.5. The minimum atomic E-state index is 0. The van der Waals surface area contributed by atoms with Gasteiger partial charge in [0.05, 0.1) is 11.6 Å². The Kier molecular flexibility index (Phi) is 11.7. The number of ether oxygens (including phenoxy) is 1. The molecular weight excluding hydrogens is 366 g/mol. The minimum absolute atomic E-state index is 0. The molecule has 0 aliphatic carbocycles. The van der Waals surface area contributed by atoms with Gasteiger partial charge in [0.2, 0.25) is 0 Å². The summed E-state index contributed by atoms with van der Waals surface area (Å²) >= 11 is 12.3. The third-order valence-corrected chi connectivity index (χ3v) is 4.08. The van der Waals surface area contributed by atoms with Crippen molar-refractivity contribution < 1.29 is 4.74 Å². The number of rotatable bonds is 6. The molecule has 0 aromatic heterocycles. The highest BCUT2D eigenvalue weighted by molar-refractivity contribution is 6.35. The van der Waals surface area contributed by atoms with Crippen molar-refractivity contribution in [2.45, 2.75) is 26.3 Å². The molecule has 0 amide bonds. The first-order chi connectivity index (χ1) is 9.70. The molecule has 1 aromatic rings. The fourth-order valence-corrected chi connectivity index (χ4v) is 3.14. The van der Waals surface area contributed by atoms with Gasteiger partial charge in [-0.15, -0.1) is 24.8 Å². The Bertz CT molecular complexity index is 440. The van der Waals surface area contributed by atoms with E-state index >= 15 is 0 Å². The maximum Gasteiger partial charge on any atom is 0.142 e. The van der Waals surface area contributed by atoms with Gasteiger partial charge in [0.1, 0.15) is 5.75 Å². The van der Waals surface area contributed by atoms with E-state index in [1.165, 1.54) is 12.8 Å². The van der Waals surface area contributed by atoms with Gasteiger partial charge in [-0.1, -0.05) is 23.2 Å². The maximum absolute atomic E-state index is 6.20. The standard InChI is InChI=1S/C15H22Cl2N2O.2ClH/c1-2-20-15-12(7-13(16)8-14(15)17)10-19-9-11-3-5-18-6-4-11;;/h7-8,11,18-19H,2-6,9-10H2,1H3;2*1H. The van der Waals surface area contributed by atoms with Crippen molar-refractivity contribution in [1.82, 2.24) is 10.6 Å². The fraction of sp³-hybridized carbons (Fsp3) is 0.600. The summed E-state index contributed by atoms with van der Waals surface area (Å²) in [6.07, 6.45) is 2.48. The molecule has 0 saturated carbocycles. The van der Waals surface area contributed by atoms with Crippen LogP contribution in [-0.2, 0) is 6.54 Å². The lowest BCUT2D eigenvalue weighted by molar-refractivity contribution is 0.331. The number of hydrogen-bond donors (Lipinski definition) is 2. The van der Waals surface area contributed by atoms with Crippen LogP contribution in [0.2, 0.25) is 10.0 Å². The quantitative estimate of drug-likeness (QED) is 0.759. The third-order valence-electron chi connectivity index (χ3n) is 3.58. The van der Waals surface area contributed by atoms with E-state index in [1.807, 2.05) is 13.0 Å². The Hall–Kier alpha value is 0.1000. The van der Waals surface area contributed by atoms with Crippen LogP contribution < -0.4 is 15.4 Å². The largest absolute Gasteiger partial charge is 0.492 e. The Balaban J connectivity index is 0.00000220. The molecule has 2 rings (SSSR count). The summed E-state index contributed by atoms with van der Waals surface area (Å²) in [6, 6.07) is 3.65. The Morgan fingerprint density at radius 1 is 1.23 bits per heavy atom. The molecule has 0 atom stereocenters. The summed E-state index contributed by atoms with van der Waals surface area (Å²) in [4.78, 5) is 0. The van der Waals surface area contributed by atoms with Crippen LogP contribution in [0.1, 0.15) is 25.3 Å². The lowest BCUT2D eigenvalue weighted by Crippen LogP contribution is -2.33. The summed E-state index contributed by atoms with van der Waals surface area (Å²) < 4.78 is 5.62. The number of benzene rings is 1. The molecule has 2 N–H and O–H groups in total. The van der Waals surface area contributed by atoms with Crippen LogP contribution in [0.4, 0.5) is 0 Å². The van der Waals surface area contributed by atoms with E-state index in [0.29, 0.717) is 16.7 Å². The first-order valence-electron chi connectivity index (χ1n) is 7.23. The van der Waals surface area contributed by atoms with Crippen LogP contribution in [0.15, 0.2) is 12.1 Å². The molecule has 0 unspecified atom stereocenters. The molecule has 1 aromatic carbocycles. The summed E-state index contributed by atoms with van der Waals surface area (Å²) in [5.41, 5.74) is 1.03. The normalized spacial score (nSPS) is 14.9. The van der Waals surface area contributed by atoms with Gasteiger partial charge in [-0.3, -0.25) is 0 Å². The van der Waals surface area contributed by atoms with Crippen molar-refractivity contribution in [3.63, 3.8) is 0 Å². The van der Waals surface area contributed by atoms with Crippen LogP contribution in [-0.4, -0.2) is 26.2 Å². The predicted octanol–water partition coefficient (Wildman–Crippen LogP) is 4.32. The van der Waals surface area contributed by atoms with E-state index in [-0.39, 0.29) is 24.8 Å². The topological polar surface area (TPSA) is 33.3 Å². The monoisotopic (exact) mass is 388 g/mol. The van der Waals surface area contributed by atoms with E-state index < -0.39 is 0 Å². The fourth-order valence-electron chi connectivity index (χ4n) is 2.55. The first kappa shape index (κ1) is 22.1. The number of piperidine rings is 1. The van der Waals surface area contributed by atoms with Crippen molar-refractivity contribution in [2.24, 2.45) is 5.92 Å². The van der Waals surface area contributed by atoms with Gasteiger partial charge in [-0.05, 0) is 57.5 Å². The summed E-state index contributed by atoms with van der Waals surface area (Å²) in [7, 11) is 0. The van der Waals surface area contributed by atoms with Crippen molar-refractivity contribution in [1.29, 1.82) is 0 Å². The molecule has 1 fully saturated rings. The minimum Gasteiger partial charge on any atom is -0.492 e. The van der Waals surface area contributed by atoms with Crippen LogP contribution in [0.3, 0.4) is 0 Å². The molecule has 1 aliphatic rings. The van der Waals surface area contributed by atoms with Gasteiger partial charge in [0, 0.05) is 17.1 Å². The molecule has 1 aliphatic heterocycles. The molecule has 1 heterocycles. The van der Waals surface area contributed by atoms with Gasteiger partial charge >= 0.3 is 0 Å². The molecule has 3 nitrogen and oxygen atoms in total. The van der Waals surface area contributed by atoms with E-state index in [0.717, 1.165) is 43.4 Å². The number of halogens is 4. The average molecular weight is 390 g/mol. The highest BCUT2D eigenvalue weighted by Crippen LogP contribution is 2.32. The number of nitrogens with one attached hydrogen (secondary N) is 2. The summed E-state index contributed by atoms with van der Waals surface area (Å²) in [6.45, 7) is 6.57. The zero-order valence-electron chi connectivity index (χ0n) is 12.7. The second-order valence-corrected chi connectivity index (χ2v) is 5.98. The van der Waals surface area contributed by atoms with E-state index in [4.69, 9.17) is 27.9 Å². The van der Waals surface area contributed by atoms with Gasteiger partial charge in [0.25, 0.3) is 0 Å². The molecule has 1 saturated heterocycles. The average Bonchev–Trinajstić information content (AvgIpc) is 2.43. The van der Waals surface area contributed by atoms with Gasteiger partial charge in [-0.25, -0.2) is 0 Å². The van der Waals surface area contributed by atoms with Crippen molar-refractivity contribution in [2.75, 3.05) is 26.2 Å². The first-order valence-corrected chi connectivity index (χ1v) is 7.98. The smallest absolute Gasteiger partial charge is 0.142 e. The zero-order chi connectivity index (χ0) is 14.4. The summed E-state index contributed by atoms with van der Waals surface area (Å²) in [5.74, 6) is 1.50. The van der Waals surface area contributed by atoms with Crippen molar-refractivity contribution in [3.8, 4) is 5.75 Å². The van der Waals surface area contributed by atoms with E-state index in [9.17, 15) is 0 Å². The molecule has 0 radical (unpaired) electrons. The lowest BCUT2D eigenvalue weighted by Gasteiger charge is -2.23. The van der Waals surface area contributed by atoms with E-state index in [1.54, 1.807) is 6.07 Å². The third kappa shape index (κ3) is 6.69. The second kappa shape index (κ2) is 11.6. The van der Waals surface area contributed by atoms with Gasteiger partial charge < -0.3 is 15.4 Å². The van der Waals surface area contributed by atoms with Crippen LogP contribution in [0, 0.1) is 5.92 Å². The second-order valence-electron chi connectivity index (χ2n) is 5.13. The Labute approximate surface area is 155 Å². The summed E-state index contributed by atoms with van der Waals surface area (Å²) in [5, 5.41) is 8.11. The van der Waals surface area contributed by atoms with Crippen LogP contribution in [0.25, 0.3) is 0 Å². The molecule has 0 bridgehead atoms. The predicted molar refractivity (Wildman–Crippen MR) is 99.4 cm³/mol. The van der Waals surface area contributed by atoms with Gasteiger partial charge in [0.15, 0.2) is 0 Å². The maximum atomic E-state index is 6.20. The zero-order valence-corrected chi connectivity index (χ0v) is 15.8. The highest BCUT2D eigenvalue weighted by Gasteiger charge is 2.14. The molecule has 7 heteroatoms. The Morgan fingerprint density at radius 3 is 2.55 bits per heavy atom. The van der Waals surface area contributed by atoms with E-state index in [2.05, 4.69) is 10.6 Å². The van der Waals surface area contributed by atoms with Crippen molar-refractivity contribution >= 4 is 48.0 Å².